The number of rotatable bonds is 3. The number of benzene rings is 1. The van der Waals surface area contributed by atoms with E-state index in [4.69, 9.17) is 0 Å². The molecule has 1 saturated heterocycles. The van der Waals surface area contributed by atoms with Gasteiger partial charge in [0.05, 0.1) is 15.3 Å². The third-order valence-electron chi connectivity index (χ3n) is 5.75. The molecule has 2 aliphatic rings. The van der Waals surface area contributed by atoms with Gasteiger partial charge in [-0.15, -0.1) is 11.3 Å². The van der Waals surface area contributed by atoms with Gasteiger partial charge in [0, 0.05) is 32.0 Å². The zero-order valence-corrected chi connectivity index (χ0v) is 17.2. The average Bonchev–Trinajstić information content (AvgIpc) is 3.46. The van der Waals surface area contributed by atoms with Crippen LogP contribution in [0.4, 0.5) is 0 Å². The number of aromatic nitrogens is 1. The molecule has 5 rings (SSSR count). The van der Waals surface area contributed by atoms with Crippen LogP contribution >= 0.6 is 11.3 Å². The number of sulfonamides is 1. The van der Waals surface area contributed by atoms with Crippen molar-refractivity contribution in [3.05, 3.63) is 82.3 Å². The molecule has 1 spiro atoms. The van der Waals surface area contributed by atoms with Crippen LogP contribution in [0.5, 0.6) is 0 Å². The Morgan fingerprint density at radius 2 is 2.00 bits per heavy atom. The molecule has 0 saturated carbocycles. The Hall–Kier alpha value is -2.55. The van der Waals surface area contributed by atoms with Gasteiger partial charge in [-0.3, -0.25) is 9.78 Å². The summed E-state index contributed by atoms with van der Waals surface area (Å²) in [5, 5.41) is 1.88. The van der Waals surface area contributed by atoms with Gasteiger partial charge >= 0.3 is 0 Å². The van der Waals surface area contributed by atoms with Crippen LogP contribution in [0.3, 0.4) is 0 Å². The highest BCUT2D eigenvalue weighted by Crippen LogP contribution is 2.50. The molecule has 1 aromatic carbocycles. The molecule has 148 valence electrons. The summed E-state index contributed by atoms with van der Waals surface area (Å²) < 4.78 is 28.5. The molecular weight excluding hydrogens is 406 g/mol. The zero-order chi connectivity index (χ0) is 20.1. The minimum absolute atomic E-state index is 0.0417. The molecule has 0 N–H and O–H groups in total. The maximum Gasteiger partial charge on any atom is 0.263 e. The predicted molar refractivity (Wildman–Crippen MR) is 110 cm³/mol. The van der Waals surface area contributed by atoms with E-state index in [-0.39, 0.29) is 12.5 Å². The first-order valence-corrected chi connectivity index (χ1v) is 11.7. The molecule has 1 unspecified atom stereocenters. The third kappa shape index (κ3) is 2.82. The van der Waals surface area contributed by atoms with Gasteiger partial charge < -0.3 is 4.90 Å². The SMILES string of the molecule is O=C(c1cccs1)N1CCC2(C1)c1ccccc1S(=O)(=O)N2Cc1cccnc1. The van der Waals surface area contributed by atoms with Gasteiger partial charge in [-0.2, -0.15) is 4.31 Å². The van der Waals surface area contributed by atoms with Crippen LogP contribution in [-0.4, -0.2) is 41.6 Å². The molecule has 0 bridgehead atoms. The van der Waals surface area contributed by atoms with Crippen LogP contribution < -0.4 is 0 Å². The number of hydrogen-bond acceptors (Lipinski definition) is 5. The second-order valence-electron chi connectivity index (χ2n) is 7.35. The van der Waals surface area contributed by atoms with E-state index in [1.54, 1.807) is 39.8 Å². The minimum Gasteiger partial charge on any atom is -0.336 e. The third-order valence-corrected chi connectivity index (χ3v) is 8.58. The summed E-state index contributed by atoms with van der Waals surface area (Å²) in [6, 6.07) is 14.5. The molecule has 6 nitrogen and oxygen atoms in total. The Morgan fingerprint density at radius 3 is 2.76 bits per heavy atom. The molecular formula is C21H19N3O3S2. The van der Waals surface area contributed by atoms with Crippen molar-refractivity contribution in [3.8, 4) is 0 Å². The molecule has 1 fully saturated rings. The van der Waals surface area contributed by atoms with Crippen LogP contribution in [0.15, 0.2) is 71.2 Å². The monoisotopic (exact) mass is 425 g/mol. The summed E-state index contributed by atoms with van der Waals surface area (Å²) in [6.07, 6.45) is 3.93. The Kier molecular flexibility index (Phi) is 4.31. The highest BCUT2D eigenvalue weighted by molar-refractivity contribution is 7.89. The number of pyridine rings is 1. The Bertz CT molecular complexity index is 1160. The van der Waals surface area contributed by atoms with Crippen molar-refractivity contribution < 1.29 is 13.2 Å². The molecule has 8 heteroatoms. The Labute approximate surface area is 173 Å². The zero-order valence-electron chi connectivity index (χ0n) is 15.6. The quantitative estimate of drug-likeness (QED) is 0.647. The fraction of sp³-hybridized carbons (Fsp3) is 0.238. The summed E-state index contributed by atoms with van der Waals surface area (Å²) in [5.41, 5.74) is 0.856. The van der Waals surface area contributed by atoms with E-state index < -0.39 is 15.6 Å². The second kappa shape index (κ2) is 6.76. The van der Waals surface area contributed by atoms with E-state index >= 15 is 0 Å². The van der Waals surface area contributed by atoms with Gasteiger partial charge in [-0.05, 0) is 41.1 Å². The summed E-state index contributed by atoms with van der Waals surface area (Å²) >= 11 is 1.41. The van der Waals surface area contributed by atoms with Crippen LogP contribution in [-0.2, 0) is 22.1 Å². The molecule has 1 amide bonds. The van der Waals surface area contributed by atoms with Crippen molar-refractivity contribution in [2.45, 2.75) is 23.4 Å². The highest BCUT2D eigenvalue weighted by atomic mass is 32.2. The van der Waals surface area contributed by atoms with Crippen LogP contribution in [0.2, 0.25) is 0 Å². The lowest BCUT2D eigenvalue weighted by atomic mass is 9.88. The first kappa shape index (κ1) is 18.5. The molecule has 3 aromatic rings. The van der Waals surface area contributed by atoms with Gasteiger partial charge in [0.1, 0.15) is 0 Å². The molecule has 1 atom stereocenters. The highest BCUT2D eigenvalue weighted by Gasteiger charge is 2.57. The number of nitrogens with zero attached hydrogens (tertiary/aromatic N) is 3. The average molecular weight is 426 g/mol. The number of thiophene rings is 1. The molecule has 0 aliphatic carbocycles. The minimum atomic E-state index is -3.67. The van der Waals surface area contributed by atoms with Gasteiger partial charge in [-0.25, -0.2) is 8.42 Å². The number of carbonyl (C=O) groups is 1. The van der Waals surface area contributed by atoms with E-state index in [1.807, 2.05) is 35.7 Å². The van der Waals surface area contributed by atoms with Gasteiger partial charge in [0.15, 0.2) is 0 Å². The first-order valence-electron chi connectivity index (χ1n) is 9.36. The van der Waals surface area contributed by atoms with Crippen LogP contribution in [0, 0.1) is 0 Å². The molecule has 2 aliphatic heterocycles. The van der Waals surface area contributed by atoms with Crippen molar-refractivity contribution in [1.29, 1.82) is 0 Å². The van der Waals surface area contributed by atoms with E-state index in [0.717, 1.165) is 11.1 Å². The first-order chi connectivity index (χ1) is 14.0. The summed E-state index contributed by atoms with van der Waals surface area (Å²) in [6.45, 7) is 1.09. The van der Waals surface area contributed by atoms with E-state index in [0.29, 0.717) is 29.3 Å². The smallest absolute Gasteiger partial charge is 0.263 e. The molecule has 0 radical (unpaired) electrons. The predicted octanol–water partition coefficient (Wildman–Crippen LogP) is 3.09. The number of fused-ring (bicyclic) bond motifs is 2. The standard InChI is InChI=1S/C21H19N3O3S2/c25-20(18-7-4-12-28-18)23-11-9-21(15-23)17-6-1-2-8-19(17)29(26,27)24(21)14-16-5-3-10-22-13-16/h1-8,10,12-13H,9,11,14-15H2. The Balaban J connectivity index is 1.58. The molecule has 29 heavy (non-hydrogen) atoms. The lowest BCUT2D eigenvalue weighted by molar-refractivity contribution is 0.0767. The van der Waals surface area contributed by atoms with Crippen LogP contribution in [0.1, 0.15) is 27.2 Å². The van der Waals surface area contributed by atoms with E-state index in [2.05, 4.69) is 4.98 Å². The number of amides is 1. The van der Waals surface area contributed by atoms with Crippen LogP contribution in [0.25, 0.3) is 0 Å². The molecule has 2 aromatic heterocycles. The normalized spacial score (nSPS) is 22.8. The lowest BCUT2D eigenvalue weighted by Gasteiger charge is -2.34. The summed E-state index contributed by atoms with van der Waals surface area (Å²) in [4.78, 5) is 19.9. The maximum atomic E-state index is 13.5. The van der Waals surface area contributed by atoms with Gasteiger partial charge in [0.25, 0.3) is 5.91 Å². The number of carbonyl (C=O) groups excluding carboxylic acids is 1. The van der Waals surface area contributed by atoms with Gasteiger partial charge in [-0.1, -0.05) is 30.3 Å². The van der Waals surface area contributed by atoms with Gasteiger partial charge in [0.2, 0.25) is 10.0 Å². The lowest BCUT2D eigenvalue weighted by Crippen LogP contribution is -2.46. The van der Waals surface area contributed by atoms with Crippen molar-refractivity contribution in [3.63, 3.8) is 0 Å². The summed E-state index contributed by atoms with van der Waals surface area (Å²) in [5.74, 6) is -0.0417. The fourth-order valence-corrected chi connectivity index (χ4v) is 7.14. The van der Waals surface area contributed by atoms with Crippen molar-refractivity contribution in [1.82, 2.24) is 14.2 Å². The largest absolute Gasteiger partial charge is 0.336 e. The maximum absolute atomic E-state index is 13.5. The van der Waals surface area contributed by atoms with Crippen molar-refractivity contribution in [2.24, 2.45) is 0 Å². The Morgan fingerprint density at radius 1 is 1.14 bits per heavy atom. The number of hydrogen-bond donors (Lipinski definition) is 0. The fourth-order valence-electron chi connectivity index (χ4n) is 4.40. The van der Waals surface area contributed by atoms with E-state index in [1.165, 1.54) is 11.3 Å². The second-order valence-corrected chi connectivity index (χ2v) is 10.1. The van der Waals surface area contributed by atoms with E-state index in [9.17, 15) is 13.2 Å². The number of likely N-dealkylation sites (tertiary alicyclic amines) is 1. The topological polar surface area (TPSA) is 70.6 Å². The summed E-state index contributed by atoms with van der Waals surface area (Å²) in [7, 11) is -3.67. The molecule has 4 heterocycles. The van der Waals surface area contributed by atoms with Crippen molar-refractivity contribution >= 4 is 27.3 Å². The van der Waals surface area contributed by atoms with Crippen molar-refractivity contribution in [2.75, 3.05) is 13.1 Å².